The molecule has 0 fully saturated rings. The van der Waals surface area contributed by atoms with Crippen LogP contribution in [0.4, 0.5) is 5.69 Å². The fraction of sp³-hybridized carbons (Fsp3) is 0.385. The number of carbonyl (C=O) groups excluding carboxylic acids is 2. The number of methoxy groups -OCH3 is 1. The number of rotatable bonds is 4. The van der Waals surface area contributed by atoms with Crippen LogP contribution in [0.1, 0.15) is 13.8 Å². The molecule has 5 heteroatoms. The Bertz CT molecular complexity index is 413. The lowest BCUT2D eigenvalue weighted by molar-refractivity contribution is -0.136. The van der Waals surface area contributed by atoms with Crippen molar-refractivity contribution in [2.45, 2.75) is 13.8 Å². The van der Waals surface area contributed by atoms with E-state index in [4.69, 9.17) is 4.74 Å². The molecule has 5 nitrogen and oxygen atoms in total. The molecule has 2 N–H and O–H groups in total. The average molecular weight is 250 g/mol. The van der Waals surface area contributed by atoms with Crippen molar-refractivity contribution in [3.8, 4) is 5.75 Å². The third kappa shape index (κ3) is 4.45. The van der Waals surface area contributed by atoms with Gasteiger partial charge in [0.2, 0.25) is 0 Å². The van der Waals surface area contributed by atoms with Crippen molar-refractivity contribution >= 4 is 17.5 Å². The Kier molecular flexibility index (Phi) is 5.17. The van der Waals surface area contributed by atoms with Crippen LogP contribution in [-0.4, -0.2) is 25.5 Å². The molecular weight excluding hydrogens is 232 g/mol. The summed E-state index contributed by atoms with van der Waals surface area (Å²) in [4.78, 5) is 23.0. The molecule has 1 aromatic carbocycles. The quantitative estimate of drug-likeness (QED) is 0.794. The summed E-state index contributed by atoms with van der Waals surface area (Å²) < 4.78 is 4.99. The van der Waals surface area contributed by atoms with Gasteiger partial charge in [-0.3, -0.25) is 9.59 Å². The first kappa shape index (κ1) is 14.0. The predicted octanol–water partition coefficient (Wildman–Crippen LogP) is 1.41. The van der Waals surface area contributed by atoms with Crippen LogP contribution < -0.4 is 15.4 Å². The second-order valence-electron chi connectivity index (χ2n) is 4.29. The third-order valence-corrected chi connectivity index (χ3v) is 2.22. The number of ether oxygens (including phenoxy) is 1. The third-order valence-electron chi connectivity index (χ3n) is 2.22. The number of hydrogen-bond acceptors (Lipinski definition) is 3. The Morgan fingerprint density at radius 2 is 1.78 bits per heavy atom. The fourth-order valence-corrected chi connectivity index (χ4v) is 1.24. The highest BCUT2D eigenvalue weighted by Gasteiger charge is 2.13. The molecule has 2 amide bonds. The van der Waals surface area contributed by atoms with E-state index >= 15 is 0 Å². The zero-order valence-electron chi connectivity index (χ0n) is 10.8. The maximum absolute atomic E-state index is 11.5. The second-order valence-corrected chi connectivity index (χ2v) is 4.29. The Balaban J connectivity index is 2.50. The Morgan fingerprint density at radius 1 is 1.17 bits per heavy atom. The summed E-state index contributed by atoms with van der Waals surface area (Å²) in [5, 5.41) is 5.06. The molecule has 0 saturated heterocycles. The van der Waals surface area contributed by atoms with Gasteiger partial charge in [0.25, 0.3) is 0 Å². The SMILES string of the molecule is COc1ccc(NC(=O)C(=O)NCC(C)C)cc1. The van der Waals surface area contributed by atoms with Crippen molar-refractivity contribution in [3.05, 3.63) is 24.3 Å². The summed E-state index contributed by atoms with van der Waals surface area (Å²) in [7, 11) is 1.56. The van der Waals surface area contributed by atoms with Crippen molar-refractivity contribution in [1.82, 2.24) is 5.32 Å². The molecular formula is C13H18N2O3. The monoisotopic (exact) mass is 250 g/mol. The predicted molar refractivity (Wildman–Crippen MR) is 69.5 cm³/mol. The highest BCUT2D eigenvalue weighted by Crippen LogP contribution is 2.14. The van der Waals surface area contributed by atoms with E-state index < -0.39 is 11.8 Å². The Hall–Kier alpha value is -2.04. The van der Waals surface area contributed by atoms with Gasteiger partial charge in [-0.15, -0.1) is 0 Å². The molecule has 0 unspecified atom stereocenters. The minimum absolute atomic E-state index is 0.308. The first-order valence-electron chi connectivity index (χ1n) is 5.76. The Labute approximate surface area is 107 Å². The summed E-state index contributed by atoms with van der Waals surface area (Å²) in [5.74, 6) is -0.291. The van der Waals surface area contributed by atoms with E-state index in [0.29, 0.717) is 23.9 Å². The van der Waals surface area contributed by atoms with E-state index in [9.17, 15) is 9.59 Å². The number of anilines is 1. The largest absolute Gasteiger partial charge is 0.497 e. The standard InChI is InChI=1S/C13H18N2O3/c1-9(2)8-14-12(16)13(17)15-10-4-6-11(18-3)7-5-10/h4-7,9H,8H2,1-3H3,(H,14,16)(H,15,17). The van der Waals surface area contributed by atoms with Crippen LogP contribution in [0.5, 0.6) is 5.75 Å². The highest BCUT2D eigenvalue weighted by atomic mass is 16.5. The van der Waals surface area contributed by atoms with E-state index in [-0.39, 0.29) is 0 Å². The molecule has 0 saturated carbocycles. The van der Waals surface area contributed by atoms with Crippen molar-refractivity contribution in [1.29, 1.82) is 0 Å². The van der Waals surface area contributed by atoms with Gasteiger partial charge in [0.15, 0.2) is 0 Å². The molecule has 0 atom stereocenters. The molecule has 0 heterocycles. The van der Waals surface area contributed by atoms with E-state index in [0.717, 1.165) is 0 Å². The first-order valence-corrected chi connectivity index (χ1v) is 5.76. The van der Waals surface area contributed by atoms with Gasteiger partial charge >= 0.3 is 11.8 Å². The zero-order valence-corrected chi connectivity index (χ0v) is 10.8. The molecule has 18 heavy (non-hydrogen) atoms. The minimum atomic E-state index is -0.666. The van der Waals surface area contributed by atoms with E-state index in [1.165, 1.54) is 0 Å². The van der Waals surface area contributed by atoms with Crippen LogP contribution in [0.15, 0.2) is 24.3 Å². The molecule has 1 aromatic rings. The van der Waals surface area contributed by atoms with Gasteiger partial charge in [-0.2, -0.15) is 0 Å². The van der Waals surface area contributed by atoms with Gasteiger partial charge in [0.05, 0.1) is 7.11 Å². The molecule has 0 radical (unpaired) electrons. The van der Waals surface area contributed by atoms with Gasteiger partial charge in [-0.05, 0) is 30.2 Å². The summed E-state index contributed by atoms with van der Waals surface area (Å²) in [6, 6.07) is 6.77. The van der Waals surface area contributed by atoms with E-state index in [1.807, 2.05) is 13.8 Å². The van der Waals surface area contributed by atoms with Crippen molar-refractivity contribution in [2.75, 3.05) is 19.0 Å². The molecule has 0 aliphatic rings. The molecule has 0 aliphatic heterocycles. The summed E-state index contributed by atoms with van der Waals surface area (Å²) in [5.41, 5.74) is 0.556. The summed E-state index contributed by atoms with van der Waals surface area (Å²) >= 11 is 0. The van der Waals surface area contributed by atoms with Crippen LogP contribution in [0, 0.1) is 5.92 Å². The molecule has 0 spiro atoms. The lowest BCUT2D eigenvalue weighted by Crippen LogP contribution is -2.37. The van der Waals surface area contributed by atoms with Gasteiger partial charge < -0.3 is 15.4 Å². The maximum Gasteiger partial charge on any atom is 0.313 e. The average Bonchev–Trinajstić information content (AvgIpc) is 2.36. The van der Waals surface area contributed by atoms with Crippen molar-refractivity contribution in [2.24, 2.45) is 5.92 Å². The smallest absolute Gasteiger partial charge is 0.313 e. The van der Waals surface area contributed by atoms with E-state index in [2.05, 4.69) is 10.6 Å². The van der Waals surface area contributed by atoms with Crippen LogP contribution in [0.3, 0.4) is 0 Å². The normalized spacial score (nSPS) is 10.0. The summed E-state index contributed by atoms with van der Waals surface area (Å²) in [6.07, 6.45) is 0. The van der Waals surface area contributed by atoms with Gasteiger partial charge in [-0.25, -0.2) is 0 Å². The summed E-state index contributed by atoms with van der Waals surface area (Å²) in [6.45, 7) is 4.40. The zero-order chi connectivity index (χ0) is 13.5. The number of hydrogen-bond donors (Lipinski definition) is 2. The minimum Gasteiger partial charge on any atom is -0.497 e. The number of benzene rings is 1. The number of carbonyl (C=O) groups is 2. The van der Waals surface area contributed by atoms with Gasteiger partial charge in [0, 0.05) is 12.2 Å². The topological polar surface area (TPSA) is 67.4 Å². The lowest BCUT2D eigenvalue weighted by Gasteiger charge is -2.08. The van der Waals surface area contributed by atoms with E-state index in [1.54, 1.807) is 31.4 Å². The molecule has 0 bridgehead atoms. The lowest BCUT2D eigenvalue weighted by atomic mass is 10.2. The second kappa shape index (κ2) is 6.64. The van der Waals surface area contributed by atoms with Crippen LogP contribution in [-0.2, 0) is 9.59 Å². The molecule has 98 valence electrons. The molecule has 1 rings (SSSR count). The number of nitrogens with one attached hydrogen (secondary N) is 2. The molecule has 0 aliphatic carbocycles. The van der Waals surface area contributed by atoms with Crippen molar-refractivity contribution in [3.63, 3.8) is 0 Å². The van der Waals surface area contributed by atoms with Crippen molar-refractivity contribution < 1.29 is 14.3 Å². The highest BCUT2D eigenvalue weighted by molar-refractivity contribution is 6.39. The fourth-order valence-electron chi connectivity index (χ4n) is 1.24. The van der Waals surface area contributed by atoms with Gasteiger partial charge in [-0.1, -0.05) is 13.8 Å². The molecule has 0 aromatic heterocycles. The van der Waals surface area contributed by atoms with Crippen LogP contribution in [0.2, 0.25) is 0 Å². The van der Waals surface area contributed by atoms with Gasteiger partial charge in [0.1, 0.15) is 5.75 Å². The Morgan fingerprint density at radius 3 is 2.28 bits per heavy atom. The number of amides is 2. The first-order chi connectivity index (χ1) is 8.52. The maximum atomic E-state index is 11.5. The van der Waals surface area contributed by atoms with Crippen LogP contribution >= 0.6 is 0 Å². The van der Waals surface area contributed by atoms with Crippen LogP contribution in [0.25, 0.3) is 0 Å².